The molecule has 0 radical (unpaired) electrons. The van der Waals surface area contributed by atoms with E-state index in [2.05, 4.69) is 0 Å². The molecule has 98 valence electrons. The van der Waals surface area contributed by atoms with Crippen LogP contribution in [0.15, 0.2) is 65.6 Å². The lowest BCUT2D eigenvalue weighted by molar-refractivity contribution is -0.141. The zero-order valence-electron chi connectivity index (χ0n) is 10.8. The van der Waals surface area contributed by atoms with Gasteiger partial charge in [-0.1, -0.05) is 48.5 Å². The summed E-state index contributed by atoms with van der Waals surface area (Å²) in [4.78, 5) is 13.1. The smallest absolute Gasteiger partial charge is 0.313 e. The molecule has 19 heavy (non-hydrogen) atoms. The van der Waals surface area contributed by atoms with Gasteiger partial charge in [0.15, 0.2) is 0 Å². The van der Waals surface area contributed by atoms with E-state index in [-0.39, 0.29) is 11.9 Å². The molecule has 2 aromatic rings. The van der Waals surface area contributed by atoms with Crippen molar-refractivity contribution in [3.63, 3.8) is 0 Å². The number of carbonyl (C=O) groups is 1. The predicted molar refractivity (Wildman–Crippen MR) is 78.4 cm³/mol. The van der Waals surface area contributed by atoms with Crippen LogP contribution in [0.3, 0.4) is 0 Å². The van der Waals surface area contributed by atoms with Crippen molar-refractivity contribution >= 4 is 17.7 Å². The summed E-state index contributed by atoms with van der Waals surface area (Å²) in [6, 6.07) is 19.8. The van der Waals surface area contributed by atoms with Gasteiger partial charge in [-0.2, -0.15) is 0 Å². The maximum Gasteiger partial charge on any atom is 0.313 e. The third-order valence-electron chi connectivity index (χ3n) is 2.85. The van der Waals surface area contributed by atoms with E-state index in [1.807, 2.05) is 60.7 Å². The number of ether oxygens (including phenoxy) is 1. The van der Waals surface area contributed by atoms with Gasteiger partial charge in [-0.3, -0.25) is 4.79 Å². The summed E-state index contributed by atoms with van der Waals surface area (Å²) in [6.07, 6.45) is 0. The molecule has 1 atom stereocenters. The topological polar surface area (TPSA) is 26.3 Å². The number of esters is 1. The lowest BCUT2D eigenvalue weighted by Crippen LogP contribution is -2.16. The van der Waals surface area contributed by atoms with Crippen LogP contribution in [0.4, 0.5) is 0 Å². The third-order valence-corrected chi connectivity index (χ3v) is 3.95. The third kappa shape index (κ3) is 3.86. The molecule has 1 unspecified atom stereocenters. The fourth-order valence-corrected chi connectivity index (χ4v) is 2.86. The molecule has 0 aromatic heterocycles. The number of thioether (sulfide) groups is 1. The van der Waals surface area contributed by atoms with E-state index in [0.29, 0.717) is 5.75 Å². The summed E-state index contributed by atoms with van der Waals surface area (Å²) in [5, 5.41) is 0. The van der Waals surface area contributed by atoms with Crippen molar-refractivity contribution < 1.29 is 9.53 Å². The van der Waals surface area contributed by atoms with E-state index in [0.717, 1.165) is 10.5 Å². The van der Waals surface area contributed by atoms with Crippen LogP contribution in [0.5, 0.6) is 0 Å². The van der Waals surface area contributed by atoms with Crippen molar-refractivity contribution in [3.05, 3.63) is 66.2 Å². The molecule has 0 N–H and O–H groups in total. The van der Waals surface area contributed by atoms with Crippen LogP contribution in [-0.4, -0.2) is 18.8 Å². The van der Waals surface area contributed by atoms with Crippen LogP contribution in [0.25, 0.3) is 0 Å². The van der Waals surface area contributed by atoms with E-state index in [4.69, 9.17) is 4.74 Å². The monoisotopic (exact) mass is 272 g/mol. The maximum absolute atomic E-state index is 11.9. The van der Waals surface area contributed by atoms with Crippen molar-refractivity contribution in [2.75, 3.05) is 12.9 Å². The Bertz CT molecular complexity index is 511. The van der Waals surface area contributed by atoms with Crippen LogP contribution in [0.1, 0.15) is 11.5 Å². The summed E-state index contributed by atoms with van der Waals surface area (Å²) in [5.74, 6) is 0.270. The van der Waals surface area contributed by atoms with Gasteiger partial charge in [0.25, 0.3) is 0 Å². The Morgan fingerprint density at radius 3 is 2.21 bits per heavy atom. The highest BCUT2D eigenvalue weighted by Gasteiger charge is 2.21. The fourth-order valence-electron chi connectivity index (χ4n) is 1.82. The minimum atomic E-state index is -0.226. The van der Waals surface area contributed by atoms with Crippen LogP contribution >= 0.6 is 11.8 Å². The zero-order chi connectivity index (χ0) is 13.5. The molecule has 0 aliphatic rings. The molecule has 0 aliphatic heterocycles. The van der Waals surface area contributed by atoms with Gasteiger partial charge in [0, 0.05) is 10.6 Å². The first kappa shape index (κ1) is 13.7. The van der Waals surface area contributed by atoms with Crippen LogP contribution in [0.2, 0.25) is 0 Å². The second kappa shape index (κ2) is 7.00. The number of carbonyl (C=O) groups excluding carboxylic acids is 1. The Hall–Kier alpha value is -1.74. The molecule has 0 bridgehead atoms. The summed E-state index contributed by atoms with van der Waals surface area (Å²) in [7, 11) is 1.44. The van der Waals surface area contributed by atoms with Crippen LogP contribution in [0, 0.1) is 0 Å². The highest BCUT2D eigenvalue weighted by atomic mass is 32.2. The van der Waals surface area contributed by atoms with Crippen molar-refractivity contribution in [3.8, 4) is 0 Å². The first-order valence-corrected chi connectivity index (χ1v) is 7.10. The molecular formula is C16H16O2S. The molecule has 0 amide bonds. The number of rotatable bonds is 5. The molecule has 0 spiro atoms. The first-order chi connectivity index (χ1) is 9.31. The Labute approximate surface area is 117 Å². The van der Waals surface area contributed by atoms with Crippen LogP contribution in [-0.2, 0) is 9.53 Å². The molecule has 0 aliphatic carbocycles. The summed E-state index contributed by atoms with van der Waals surface area (Å²) in [5.41, 5.74) is 0.998. The molecule has 0 fully saturated rings. The van der Waals surface area contributed by atoms with Crippen molar-refractivity contribution in [2.45, 2.75) is 10.8 Å². The van der Waals surface area contributed by atoms with Gasteiger partial charge in [0.05, 0.1) is 13.0 Å². The summed E-state index contributed by atoms with van der Waals surface area (Å²) >= 11 is 1.67. The lowest BCUT2D eigenvalue weighted by Gasteiger charge is -2.14. The molecular weight excluding hydrogens is 256 g/mol. The molecule has 0 heterocycles. The SMILES string of the molecule is COC(=O)C(CSc1ccccc1)c1ccccc1. The Morgan fingerprint density at radius 1 is 1.05 bits per heavy atom. The van der Waals surface area contributed by atoms with Gasteiger partial charge in [-0.25, -0.2) is 0 Å². The van der Waals surface area contributed by atoms with Gasteiger partial charge in [0.1, 0.15) is 0 Å². The van der Waals surface area contributed by atoms with Crippen LogP contribution < -0.4 is 0 Å². The van der Waals surface area contributed by atoms with Crippen molar-refractivity contribution in [2.24, 2.45) is 0 Å². The molecule has 0 saturated heterocycles. The van der Waals surface area contributed by atoms with Crippen molar-refractivity contribution in [1.29, 1.82) is 0 Å². The fraction of sp³-hybridized carbons (Fsp3) is 0.188. The van der Waals surface area contributed by atoms with E-state index in [1.165, 1.54) is 7.11 Å². The minimum absolute atomic E-state index is 0.186. The van der Waals surface area contributed by atoms with Gasteiger partial charge < -0.3 is 4.74 Å². The Kier molecular flexibility index (Phi) is 5.04. The first-order valence-electron chi connectivity index (χ1n) is 6.12. The number of benzene rings is 2. The van der Waals surface area contributed by atoms with Crippen molar-refractivity contribution in [1.82, 2.24) is 0 Å². The van der Waals surface area contributed by atoms with Gasteiger partial charge in [-0.05, 0) is 17.7 Å². The summed E-state index contributed by atoms with van der Waals surface area (Å²) < 4.78 is 4.90. The molecule has 0 saturated carbocycles. The van der Waals surface area contributed by atoms with Gasteiger partial charge in [0.2, 0.25) is 0 Å². The van der Waals surface area contributed by atoms with E-state index >= 15 is 0 Å². The van der Waals surface area contributed by atoms with Gasteiger partial charge >= 0.3 is 5.97 Å². The average Bonchev–Trinajstić information content (AvgIpc) is 2.49. The number of methoxy groups -OCH3 is 1. The second-order valence-electron chi connectivity index (χ2n) is 4.11. The second-order valence-corrected chi connectivity index (χ2v) is 5.20. The van der Waals surface area contributed by atoms with E-state index in [9.17, 15) is 4.79 Å². The van der Waals surface area contributed by atoms with E-state index < -0.39 is 0 Å². The molecule has 2 rings (SSSR count). The molecule has 2 aromatic carbocycles. The van der Waals surface area contributed by atoms with E-state index in [1.54, 1.807) is 11.8 Å². The lowest BCUT2D eigenvalue weighted by atomic mass is 10.0. The number of hydrogen-bond donors (Lipinski definition) is 0. The quantitative estimate of drug-likeness (QED) is 0.612. The highest BCUT2D eigenvalue weighted by Crippen LogP contribution is 2.27. The minimum Gasteiger partial charge on any atom is -0.469 e. The van der Waals surface area contributed by atoms with Gasteiger partial charge in [-0.15, -0.1) is 11.8 Å². The standard InChI is InChI=1S/C16H16O2S/c1-18-16(17)15(13-8-4-2-5-9-13)12-19-14-10-6-3-7-11-14/h2-11,15H,12H2,1H3. The summed E-state index contributed by atoms with van der Waals surface area (Å²) in [6.45, 7) is 0. The Balaban J connectivity index is 2.09. The largest absolute Gasteiger partial charge is 0.469 e. The highest BCUT2D eigenvalue weighted by molar-refractivity contribution is 7.99. The normalized spacial score (nSPS) is 11.8. The molecule has 2 nitrogen and oxygen atoms in total. The predicted octanol–water partition coefficient (Wildman–Crippen LogP) is 3.74. The molecule has 3 heteroatoms. The maximum atomic E-state index is 11.9. The Morgan fingerprint density at radius 2 is 1.63 bits per heavy atom. The average molecular weight is 272 g/mol. The number of hydrogen-bond acceptors (Lipinski definition) is 3. The zero-order valence-corrected chi connectivity index (χ0v) is 11.6.